The topological polar surface area (TPSA) is 87.7 Å². The van der Waals surface area contributed by atoms with Gasteiger partial charge >= 0.3 is 0 Å². The van der Waals surface area contributed by atoms with E-state index in [4.69, 9.17) is 4.74 Å². The summed E-state index contributed by atoms with van der Waals surface area (Å²) < 4.78 is 5.39. The monoisotopic (exact) mass is 331 g/mol. The molecule has 0 bridgehead atoms. The van der Waals surface area contributed by atoms with E-state index in [2.05, 4.69) is 10.6 Å². The van der Waals surface area contributed by atoms with Crippen LogP contribution in [0.1, 0.15) is 26.2 Å². The van der Waals surface area contributed by atoms with Crippen molar-refractivity contribution in [1.29, 1.82) is 0 Å². The van der Waals surface area contributed by atoms with Crippen LogP contribution in [-0.4, -0.2) is 43.0 Å². The van der Waals surface area contributed by atoms with Crippen LogP contribution in [0.5, 0.6) is 5.75 Å². The van der Waals surface area contributed by atoms with Gasteiger partial charge in [-0.2, -0.15) is 0 Å². The maximum atomic E-state index is 12.2. The summed E-state index contributed by atoms with van der Waals surface area (Å²) in [6, 6.07) is 7.15. The zero-order chi connectivity index (χ0) is 17.1. The lowest BCUT2D eigenvalue weighted by Crippen LogP contribution is -2.54. The van der Waals surface area contributed by atoms with Crippen molar-refractivity contribution in [2.45, 2.75) is 38.3 Å². The molecule has 3 rings (SSSR count). The molecule has 2 N–H and O–H groups in total. The fourth-order valence-electron chi connectivity index (χ4n) is 3.05. The zero-order valence-corrected chi connectivity index (χ0v) is 13.6. The summed E-state index contributed by atoms with van der Waals surface area (Å²) >= 11 is 0. The third-order valence-corrected chi connectivity index (χ3v) is 4.39. The highest BCUT2D eigenvalue weighted by Crippen LogP contribution is 2.31. The molecule has 24 heavy (non-hydrogen) atoms. The molecule has 0 radical (unpaired) electrons. The number of hydrogen-bond acceptors (Lipinski definition) is 4. The number of nitrogens with one attached hydrogen (secondary N) is 2. The largest absolute Gasteiger partial charge is 0.482 e. The SMILES string of the molecule is CC1NC(=O)CCC1NC(=O)CCN1C(=O)COc2ccccc21. The molecule has 0 saturated carbocycles. The molecule has 3 amide bonds. The molecule has 2 unspecified atom stereocenters. The first-order chi connectivity index (χ1) is 11.5. The molecule has 7 heteroatoms. The van der Waals surface area contributed by atoms with Crippen LogP contribution in [0.25, 0.3) is 0 Å². The highest BCUT2D eigenvalue weighted by Gasteiger charge is 2.28. The fourth-order valence-corrected chi connectivity index (χ4v) is 3.05. The highest BCUT2D eigenvalue weighted by atomic mass is 16.5. The predicted octanol–water partition coefficient (Wildman–Crippen LogP) is 0.585. The van der Waals surface area contributed by atoms with E-state index in [1.54, 1.807) is 11.0 Å². The Hall–Kier alpha value is -2.57. The molecule has 2 aliphatic heterocycles. The summed E-state index contributed by atoms with van der Waals surface area (Å²) in [6.45, 7) is 2.17. The average Bonchev–Trinajstić information content (AvgIpc) is 2.56. The van der Waals surface area contributed by atoms with Gasteiger partial charge in [0.15, 0.2) is 6.61 Å². The van der Waals surface area contributed by atoms with Crippen LogP contribution in [0.15, 0.2) is 24.3 Å². The number of carbonyl (C=O) groups is 3. The van der Waals surface area contributed by atoms with Crippen LogP contribution in [0.3, 0.4) is 0 Å². The first kappa shape index (κ1) is 16.3. The first-order valence-electron chi connectivity index (χ1n) is 8.15. The summed E-state index contributed by atoms with van der Waals surface area (Å²) in [7, 11) is 0. The summed E-state index contributed by atoms with van der Waals surface area (Å²) in [5.41, 5.74) is 0.694. The number of rotatable bonds is 4. The Bertz CT molecular complexity index is 661. The average molecular weight is 331 g/mol. The van der Waals surface area contributed by atoms with Crippen LogP contribution >= 0.6 is 0 Å². The first-order valence-corrected chi connectivity index (χ1v) is 8.15. The maximum absolute atomic E-state index is 12.2. The molecule has 7 nitrogen and oxygen atoms in total. The summed E-state index contributed by atoms with van der Waals surface area (Å²) in [5, 5.41) is 5.77. The van der Waals surface area contributed by atoms with Gasteiger partial charge in [0, 0.05) is 31.5 Å². The van der Waals surface area contributed by atoms with Crippen LogP contribution in [0.4, 0.5) is 5.69 Å². The zero-order valence-electron chi connectivity index (χ0n) is 13.6. The fraction of sp³-hybridized carbons (Fsp3) is 0.471. The molecule has 128 valence electrons. The van der Waals surface area contributed by atoms with Gasteiger partial charge in [-0.3, -0.25) is 14.4 Å². The van der Waals surface area contributed by atoms with Gasteiger partial charge in [-0.05, 0) is 25.5 Å². The minimum atomic E-state index is -0.153. The summed E-state index contributed by atoms with van der Waals surface area (Å²) in [6.07, 6.45) is 1.26. The second-order valence-electron chi connectivity index (χ2n) is 6.12. The van der Waals surface area contributed by atoms with Crippen molar-refractivity contribution in [2.75, 3.05) is 18.1 Å². The highest BCUT2D eigenvalue weighted by molar-refractivity contribution is 5.98. The van der Waals surface area contributed by atoms with Crippen molar-refractivity contribution in [2.24, 2.45) is 0 Å². The normalized spacial score (nSPS) is 23.1. The van der Waals surface area contributed by atoms with Crippen molar-refractivity contribution in [1.82, 2.24) is 10.6 Å². The van der Waals surface area contributed by atoms with E-state index < -0.39 is 0 Å². The minimum absolute atomic E-state index is 0.00960. The van der Waals surface area contributed by atoms with E-state index in [-0.39, 0.29) is 42.8 Å². The Labute approximate surface area is 140 Å². The molecule has 1 saturated heterocycles. The second-order valence-corrected chi connectivity index (χ2v) is 6.12. The molecule has 2 aliphatic rings. The predicted molar refractivity (Wildman–Crippen MR) is 87.7 cm³/mol. The quantitative estimate of drug-likeness (QED) is 0.845. The van der Waals surface area contributed by atoms with E-state index in [9.17, 15) is 14.4 Å². The Morgan fingerprint density at radius 3 is 2.96 bits per heavy atom. The molecular formula is C17H21N3O4. The van der Waals surface area contributed by atoms with Gasteiger partial charge < -0.3 is 20.3 Å². The third-order valence-electron chi connectivity index (χ3n) is 4.39. The number of carbonyl (C=O) groups excluding carboxylic acids is 3. The number of amides is 3. The number of fused-ring (bicyclic) bond motifs is 1. The minimum Gasteiger partial charge on any atom is -0.482 e. The number of nitrogens with zero attached hydrogens (tertiary/aromatic N) is 1. The molecule has 2 heterocycles. The number of hydrogen-bond donors (Lipinski definition) is 2. The number of para-hydroxylation sites is 2. The smallest absolute Gasteiger partial charge is 0.265 e. The molecule has 0 aromatic heterocycles. The maximum Gasteiger partial charge on any atom is 0.265 e. The molecule has 0 aliphatic carbocycles. The van der Waals surface area contributed by atoms with Gasteiger partial charge in [0.2, 0.25) is 11.8 Å². The Morgan fingerprint density at radius 2 is 2.17 bits per heavy atom. The van der Waals surface area contributed by atoms with Gasteiger partial charge in [-0.15, -0.1) is 0 Å². The summed E-state index contributed by atoms with van der Waals surface area (Å²) in [4.78, 5) is 37.2. The van der Waals surface area contributed by atoms with Crippen molar-refractivity contribution < 1.29 is 19.1 Å². The van der Waals surface area contributed by atoms with Crippen LogP contribution < -0.4 is 20.3 Å². The van der Waals surface area contributed by atoms with E-state index in [1.165, 1.54) is 0 Å². The lowest BCUT2D eigenvalue weighted by Gasteiger charge is -2.31. The van der Waals surface area contributed by atoms with Gasteiger partial charge in [-0.25, -0.2) is 0 Å². The van der Waals surface area contributed by atoms with Crippen LogP contribution in [0.2, 0.25) is 0 Å². The van der Waals surface area contributed by atoms with E-state index in [0.717, 1.165) is 0 Å². The molecule has 1 aromatic carbocycles. The van der Waals surface area contributed by atoms with Crippen molar-refractivity contribution >= 4 is 23.4 Å². The lowest BCUT2D eigenvalue weighted by molar-refractivity contribution is -0.127. The lowest BCUT2D eigenvalue weighted by atomic mass is 9.99. The van der Waals surface area contributed by atoms with Crippen molar-refractivity contribution in [3.05, 3.63) is 24.3 Å². The Morgan fingerprint density at radius 1 is 1.38 bits per heavy atom. The standard InChI is InChI=1S/C17H21N3O4/c1-11-12(6-7-15(21)18-11)19-16(22)8-9-20-13-4-2-3-5-14(13)24-10-17(20)23/h2-5,11-12H,6-10H2,1H3,(H,18,21)(H,19,22). The van der Waals surface area contributed by atoms with E-state index >= 15 is 0 Å². The summed E-state index contributed by atoms with van der Waals surface area (Å²) in [5.74, 6) is 0.393. The third kappa shape index (κ3) is 3.50. The van der Waals surface area contributed by atoms with E-state index in [1.807, 2.05) is 25.1 Å². The molecule has 0 spiro atoms. The number of benzene rings is 1. The Kier molecular flexibility index (Phi) is 4.69. The van der Waals surface area contributed by atoms with Crippen molar-refractivity contribution in [3.63, 3.8) is 0 Å². The molecule has 1 fully saturated rings. The van der Waals surface area contributed by atoms with Gasteiger partial charge in [-0.1, -0.05) is 12.1 Å². The van der Waals surface area contributed by atoms with Gasteiger partial charge in [0.25, 0.3) is 5.91 Å². The van der Waals surface area contributed by atoms with Crippen LogP contribution in [0, 0.1) is 0 Å². The van der Waals surface area contributed by atoms with Crippen molar-refractivity contribution in [3.8, 4) is 5.75 Å². The van der Waals surface area contributed by atoms with E-state index in [0.29, 0.717) is 30.8 Å². The number of piperidine rings is 1. The van der Waals surface area contributed by atoms with Gasteiger partial charge in [0.05, 0.1) is 5.69 Å². The molecule has 2 atom stereocenters. The molecular weight excluding hydrogens is 310 g/mol. The Balaban J connectivity index is 1.56. The number of ether oxygens (including phenoxy) is 1. The van der Waals surface area contributed by atoms with Crippen LogP contribution in [-0.2, 0) is 14.4 Å². The molecule has 1 aromatic rings. The number of anilines is 1. The second kappa shape index (κ2) is 6.90. The van der Waals surface area contributed by atoms with Gasteiger partial charge in [0.1, 0.15) is 5.75 Å².